The Labute approximate surface area is 217 Å². The van der Waals surface area contributed by atoms with Crippen LogP contribution in [0.3, 0.4) is 0 Å². The van der Waals surface area contributed by atoms with E-state index in [9.17, 15) is 8.78 Å². The first kappa shape index (κ1) is 24.0. The van der Waals surface area contributed by atoms with Gasteiger partial charge in [-0.25, -0.2) is 18.7 Å². The van der Waals surface area contributed by atoms with Gasteiger partial charge in [-0.3, -0.25) is 0 Å². The van der Waals surface area contributed by atoms with Gasteiger partial charge in [-0.1, -0.05) is 57.4 Å². The number of rotatable bonds is 3. The second-order valence-corrected chi connectivity index (χ2v) is 11.8. The normalized spacial score (nSPS) is 21.9. The predicted molar refractivity (Wildman–Crippen MR) is 133 cm³/mol. The third kappa shape index (κ3) is 3.29. The van der Waals surface area contributed by atoms with Gasteiger partial charge in [0.2, 0.25) is 17.5 Å². The maximum atomic E-state index is 14.5. The van der Waals surface area contributed by atoms with E-state index in [1.807, 2.05) is 20.8 Å². The average Bonchev–Trinajstić information content (AvgIpc) is 3.48. The van der Waals surface area contributed by atoms with Gasteiger partial charge in [-0.15, -0.1) is 5.10 Å². The minimum absolute atomic E-state index is 0.0822. The molecule has 0 amide bonds. The zero-order valence-electron chi connectivity index (χ0n) is 21.1. The molecule has 2 aliphatic carbocycles. The van der Waals surface area contributed by atoms with Crippen LogP contribution >= 0.6 is 11.6 Å². The number of hydrogen-bond donors (Lipinski definition) is 0. The van der Waals surface area contributed by atoms with Crippen molar-refractivity contribution in [1.29, 1.82) is 0 Å². The van der Waals surface area contributed by atoms with Crippen LogP contribution in [0.5, 0.6) is 0 Å². The summed E-state index contributed by atoms with van der Waals surface area (Å²) in [4.78, 5) is 13.8. The molecule has 3 aromatic heterocycles. The van der Waals surface area contributed by atoms with Crippen LogP contribution in [-0.4, -0.2) is 30.3 Å². The highest BCUT2D eigenvalue weighted by Gasteiger charge is 2.65. The summed E-state index contributed by atoms with van der Waals surface area (Å²) in [5.41, 5.74) is 0.905. The highest BCUT2D eigenvalue weighted by molar-refractivity contribution is 6.31. The summed E-state index contributed by atoms with van der Waals surface area (Å²) in [5.74, 6) is -0.208. The quantitative estimate of drug-likeness (QED) is 0.307. The zero-order chi connectivity index (χ0) is 26.3. The van der Waals surface area contributed by atoms with Crippen molar-refractivity contribution in [2.45, 2.75) is 64.2 Å². The molecule has 190 valence electrons. The molecule has 2 aliphatic rings. The van der Waals surface area contributed by atoms with E-state index in [-0.39, 0.29) is 33.8 Å². The largest absolute Gasteiger partial charge is 0.338 e. The standard InChI is InChI=1S/C27H25ClF2N6O/c1-25(2,3)24-33-23(36-37-24)22-31-12-15(28)21(32-22)27-10-9-14(26(27,4)5)13-11-18(34-35-20(13)27)19-16(29)7-6-8-17(19)30/h6-8,11-12,14H,9-10H2,1-5H3/t14-,27+/m0/s1. The smallest absolute Gasteiger partial charge is 0.240 e. The lowest BCUT2D eigenvalue weighted by Crippen LogP contribution is -2.38. The van der Waals surface area contributed by atoms with E-state index in [1.165, 1.54) is 18.2 Å². The lowest BCUT2D eigenvalue weighted by molar-refractivity contribution is 0.243. The molecule has 0 unspecified atom stereocenters. The van der Waals surface area contributed by atoms with Gasteiger partial charge in [-0.2, -0.15) is 10.1 Å². The summed E-state index contributed by atoms with van der Waals surface area (Å²) >= 11 is 6.75. The molecule has 0 radical (unpaired) electrons. The van der Waals surface area contributed by atoms with Gasteiger partial charge in [0.05, 0.1) is 39.3 Å². The molecule has 0 N–H and O–H groups in total. The molecule has 0 saturated heterocycles. The molecule has 1 aromatic carbocycles. The fourth-order valence-electron chi connectivity index (χ4n) is 6.11. The maximum Gasteiger partial charge on any atom is 0.240 e. The van der Waals surface area contributed by atoms with Crippen molar-refractivity contribution in [2.75, 3.05) is 0 Å². The van der Waals surface area contributed by atoms with Gasteiger partial charge in [0.15, 0.2) is 0 Å². The Hall–Kier alpha value is -3.33. The van der Waals surface area contributed by atoms with Gasteiger partial charge in [0, 0.05) is 5.41 Å². The second kappa shape index (κ2) is 7.84. The van der Waals surface area contributed by atoms with Gasteiger partial charge < -0.3 is 4.52 Å². The van der Waals surface area contributed by atoms with Crippen molar-refractivity contribution < 1.29 is 13.3 Å². The van der Waals surface area contributed by atoms with E-state index in [0.29, 0.717) is 22.4 Å². The molecule has 0 spiro atoms. The van der Waals surface area contributed by atoms with Crippen LogP contribution in [0.1, 0.15) is 76.2 Å². The Morgan fingerprint density at radius 3 is 2.43 bits per heavy atom. The number of fused-ring (bicyclic) bond motifs is 5. The summed E-state index contributed by atoms with van der Waals surface area (Å²) in [6, 6.07) is 5.53. The van der Waals surface area contributed by atoms with E-state index >= 15 is 0 Å². The van der Waals surface area contributed by atoms with E-state index in [4.69, 9.17) is 21.1 Å². The van der Waals surface area contributed by atoms with Crippen molar-refractivity contribution >= 4 is 11.6 Å². The van der Waals surface area contributed by atoms with E-state index in [1.54, 1.807) is 12.3 Å². The lowest BCUT2D eigenvalue weighted by atomic mass is 9.66. The zero-order valence-corrected chi connectivity index (χ0v) is 21.9. The Morgan fingerprint density at radius 2 is 1.76 bits per heavy atom. The molecule has 7 nitrogen and oxygen atoms in total. The third-order valence-corrected chi connectivity index (χ3v) is 8.29. The third-order valence-electron chi connectivity index (χ3n) is 8.02. The molecular formula is C27H25ClF2N6O. The summed E-state index contributed by atoms with van der Waals surface area (Å²) in [7, 11) is 0. The number of hydrogen-bond acceptors (Lipinski definition) is 7. The first-order valence-corrected chi connectivity index (χ1v) is 12.5. The summed E-state index contributed by atoms with van der Waals surface area (Å²) < 4.78 is 34.5. The van der Waals surface area contributed by atoms with Gasteiger partial charge in [0.1, 0.15) is 11.6 Å². The topological polar surface area (TPSA) is 90.5 Å². The van der Waals surface area contributed by atoms with Crippen molar-refractivity contribution in [3.05, 3.63) is 70.0 Å². The fraction of sp³-hybridized carbons (Fsp3) is 0.407. The molecule has 2 bridgehead atoms. The van der Waals surface area contributed by atoms with Crippen LogP contribution in [0.4, 0.5) is 8.78 Å². The number of aromatic nitrogens is 6. The summed E-state index contributed by atoms with van der Waals surface area (Å²) in [5, 5.41) is 13.4. The molecule has 2 atom stereocenters. The average molecular weight is 523 g/mol. The molecule has 10 heteroatoms. The van der Waals surface area contributed by atoms with Gasteiger partial charge in [0.25, 0.3) is 0 Å². The van der Waals surface area contributed by atoms with Crippen LogP contribution in [0.2, 0.25) is 5.02 Å². The van der Waals surface area contributed by atoms with Crippen molar-refractivity contribution in [1.82, 2.24) is 30.3 Å². The Balaban J connectivity index is 1.51. The van der Waals surface area contributed by atoms with Crippen molar-refractivity contribution in [3.63, 3.8) is 0 Å². The van der Waals surface area contributed by atoms with Crippen LogP contribution in [0.15, 0.2) is 35.0 Å². The predicted octanol–water partition coefficient (Wildman–Crippen LogP) is 6.42. The Kier molecular flexibility index (Phi) is 5.09. The molecule has 4 aromatic rings. The van der Waals surface area contributed by atoms with Crippen LogP contribution in [0.25, 0.3) is 22.9 Å². The first-order chi connectivity index (χ1) is 17.4. The number of nitrogens with zero attached hydrogens (tertiary/aromatic N) is 6. The minimum Gasteiger partial charge on any atom is -0.338 e. The first-order valence-electron chi connectivity index (χ1n) is 12.1. The summed E-state index contributed by atoms with van der Waals surface area (Å²) in [6.45, 7) is 10.2. The van der Waals surface area contributed by atoms with Crippen molar-refractivity contribution in [3.8, 4) is 22.9 Å². The SMILES string of the molecule is CC(C)(C)c1nc(-c2ncc(Cl)c([C@@]34CC[C@@H](c5cc(-c6c(F)cccc6F)nnc53)C4(C)C)n2)no1. The van der Waals surface area contributed by atoms with E-state index in [2.05, 4.69) is 39.2 Å². The molecule has 0 aliphatic heterocycles. The van der Waals surface area contributed by atoms with Crippen LogP contribution in [0, 0.1) is 17.0 Å². The minimum atomic E-state index is -0.676. The Bertz CT molecular complexity index is 1540. The maximum absolute atomic E-state index is 14.5. The molecule has 37 heavy (non-hydrogen) atoms. The molecule has 6 rings (SSSR count). The van der Waals surface area contributed by atoms with E-state index < -0.39 is 17.0 Å². The van der Waals surface area contributed by atoms with Gasteiger partial charge >= 0.3 is 0 Å². The highest BCUT2D eigenvalue weighted by Crippen LogP contribution is 2.70. The molecular weight excluding hydrogens is 498 g/mol. The second-order valence-electron chi connectivity index (χ2n) is 11.4. The molecule has 3 heterocycles. The lowest BCUT2D eigenvalue weighted by Gasteiger charge is -2.37. The van der Waals surface area contributed by atoms with Crippen LogP contribution < -0.4 is 0 Å². The summed E-state index contributed by atoms with van der Waals surface area (Å²) in [6.07, 6.45) is 3.14. The van der Waals surface area contributed by atoms with Crippen molar-refractivity contribution in [2.24, 2.45) is 5.41 Å². The monoisotopic (exact) mass is 522 g/mol. The fourth-order valence-corrected chi connectivity index (χ4v) is 6.36. The number of halogens is 3. The number of benzene rings is 1. The molecule has 1 fully saturated rings. The highest BCUT2D eigenvalue weighted by atomic mass is 35.5. The Morgan fingerprint density at radius 1 is 1.03 bits per heavy atom. The molecule has 1 saturated carbocycles. The van der Waals surface area contributed by atoms with E-state index in [0.717, 1.165) is 24.1 Å². The van der Waals surface area contributed by atoms with Crippen LogP contribution in [-0.2, 0) is 10.8 Å². The van der Waals surface area contributed by atoms with Gasteiger partial charge in [-0.05, 0) is 47.9 Å².